The minimum atomic E-state index is -1.20. The summed E-state index contributed by atoms with van der Waals surface area (Å²) in [5.41, 5.74) is 2.28. The number of carbonyl (C=O) groups is 3. The van der Waals surface area contributed by atoms with E-state index in [0.29, 0.717) is 55.3 Å². The summed E-state index contributed by atoms with van der Waals surface area (Å²) in [6.07, 6.45) is 0. The lowest BCUT2D eigenvalue weighted by Crippen LogP contribution is -2.15. The number of hydrogen-bond donors (Lipinski definition) is 6. The lowest BCUT2D eigenvalue weighted by molar-refractivity contribution is 0.0680. The Bertz CT molecular complexity index is 2980. The molecular weight excluding hydrogens is 740 g/mol. The van der Waals surface area contributed by atoms with E-state index in [0.717, 1.165) is 0 Å². The number of anilines is 2. The number of aromatic carboxylic acids is 3. The molecule has 0 radical (unpaired) electrons. The number of carboxylic acid groups (broad SMARTS) is 3. The van der Waals surface area contributed by atoms with Crippen molar-refractivity contribution in [2.45, 2.75) is 13.1 Å². The number of halogens is 1. The molecule has 6 N–H and O–H groups in total. The van der Waals surface area contributed by atoms with Crippen LogP contribution in [0, 0.1) is 0 Å². The highest BCUT2D eigenvalue weighted by Crippen LogP contribution is 2.47. The second-order valence-electron chi connectivity index (χ2n) is 12.8. The molecule has 8 rings (SSSR count). The Kier molecular flexibility index (Phi) is 8.91. The molecule has 0 atom stereocenters. The summed E-state index contributed by atoms with van der Waals surface area (Å²) in [6, 6.07) is 27.2. The van der Waals surface area contributed by atoms with E-state index in [1.54, 1.807) is 66.7 Å². The van der Waals surface area contributed by atoms with E-state index in [1.807, 2.05) is 0 Å². The number of pyridine rings is 2. The van der Waals surface area contributed by atoms with Crippen molar-refractivity contribution in [2.24, 2.45) is 0 Å². The summed E-state index contributed by atoms with van der Waals surface area (Å²) in [5.74, 6) is -3.86. The average Bonchev–Trinajstić information content (AvgIpc) is 3.19. The van der Waals surface area contributed by atoms with Gasteiger partial charge in [0.1, 0.15) is 28.5 Å². The molecule has 3 heterocycles. The van der Waals surface area contributed by atoms with Crippen LogP contribution in [-0.4, -0.2) is 48.3 Å². The second kappa shape index (κ2) is 14.0. The first-order chi connectivity index (χ1) is 27.0. The lowest BCUT2D eigenvalue weighted by Gasteiger charge is -2.21. The third-order valence-corrected chi connectivity index (χ3v) is 9.77. The van der Waals surface area contributed by atoms with Gasteiger partial charge in [0, 0.05) is 40.4 Å². The first-order valence-electron chi connectivity index (χ1n) is 17.0. The predicted molar refractivity (Wildman–Crippen MR) is 210 cm³/mol. The van der Waals surface area contributed by atoms with Crippen molar-refractivity contribution in [1.29, 1.82) is 0 Å². The van der Waals surface area contributed by atoms with Crippen molar-refractivity contribution in [3.63, 3.8) is 0 Å². The highest BCUT2D eigenvalue weighted by Gasteiger charge is 2.28. The number of aromatic nitrogens is 2. The fourth-order valence-electron chi connectivity index (χ4n) is 6.84. The van der Waals surface area contributed by atoms with Gasteiger partial charge in [-0.15, -0.1) is 0 Å². The van der Waals surface area contributed by atoms with Crippen LogP contribution >= 0.6 is 11.6 Å². The molecule has 2 aliphatic rings. The van der Waals surface area contributed by atoms with E-state index in [1.165, 1.54) is 36.4 Å². The number of phenols is 1. The molecule has 1 aliphatic heterocycles. The van der Waals surface area contributed by atoms with Crippen molar-refractivity contribution in [2.75, 3.05) is 10.6 Å². The van der Waals surface area contributed by atoms with Gasteiger partial charge in [-0.3, -0.25) is 4.79 Å². The normalized spacial score (nSPS) is 11.3. The van der Waals surface area contributed by atoms with Crippen LogP contribution in [0.2, 0.25) is 5.02 Å². The van der Waals surface area contributed by atoms with Crippen LogP contribution in [0.25, 0.3) is 55.2 Å². The SMILES string of the molecule is O=C(O)c1ccc2cccc(NCc3c4oc5c(CNc6cccc7ccc(C(=O)O)nc67)c(O)c(Cl)cc5c(-c5ccccc5C(=O)O)c-4ccc3=O)c2n1. The summed E-state index contributed by atoms with van der Waals surface area (Å²) < 4.78 is 6.61. The number of carboxylic acids is 3. The van der Waals surface area contributed by atoms with Gasteiger partial charge in [-0.2, -0.15) is 0 Å². The molecule has 0 bridgehead atoms. The molecule has 14 heteroatoms. The number of fused-ring (bicyclic) bond motifs is 4. The maximum atomic E-state index is 13.7. The maximum Gasteiger partial charge on any atom is 0.354 e. The second-order valence-corrected chi connectivity index (χ2v) is 13.2. The lowest BCUT2D eigenvalue weighted by atomic mass is 9.88. The van der Waals surface area contributed by atoms with Crippen LogP contribution in [0.15, 0.2) is 112 Å². The highest BCUT2D eigenvalue weighted by atomic mass is 35.5. The van der Waals surface area contributed by atoms with Crippen LogP contribution in [0.1, 0.15) is 42.5 Å². The Labute approximate surface area is 320 Å². The maximum absolute atomic E-state index is 13.7. The molecule has 0 fully saturated rings. The third kappa shape index (κ3) is 6.21. The van der Waals surface area contributed by atoms with E-state index >= 15 is 0 Å². The summed E-state index contributed by atoms with van der Waals surface area (Å²) in [6.45, 7) is -0.252. The van der Waals surface area contributed by atoms with Gasteiger partial charge in [-0.1, -0.05) is 66.2 Å². The fraction of sp³-hybridized carbons (Fsp3) is 0.0476. The zero-order valence-electron chi connectivity index (χ0n) is 28.8. The van der Waals surface area contributed by atoms with E-state index < -0.39 is 23.3 Å². The number of nitrogens with zero attached hydrogens (tertiary/aromatic N) is 2. The first kappa shape index (κ1) is 35.5. The Morgan fingerprint density at radius 2 is 1.25 bits per heavy atom. The number of benzene rings is 5. The monoisotopic (exact) mass is 766 g/mol. The molecule has 0 spiro atoms. The van der Waals surface area contributed by atoms with Crippen molar-refractivity contribution in [3.8, 4) is 28.2 Å². The molecule has 13 nitrogen and oxygen atoms in total. The Morgan fingerprint density at radius 1 is 0.661 bits per heavy atom. The molecule has 0 saturated heterocycles. The molecule has 0 amide bonds. The minimum Gasteiger partial charge on any atom is -0.506 e. The van der Waals surface area contributed by atoms with Gasteiger partial charge < -0.3 is 35.5 Å². The summed E-state index contributed by atoms with van der Waals surface area (Å²) in [5, 5.41) is 48.9. The highest BCUT2D eigenvalue weighted by molar-refractivity contribution is 6.33. The number of hydrogen-bond acceptors (Lipinski definition) is 10. The molecule has 56 heavy (non-hydrogen) atoms. The first-order valence-corrected chi connectivity index (χ1v) is 17.4. The van der Waals surface area contributed by atoms with Gasteiger partial charge in [-0.25, -0.2) is 24.4 Å². The molecule has 0 saturated carbocycles. The zero-order valence-corrected chi connectivity index (χ0v) is 29.6. The van der Waals surface area contributed by atoms with Crippen LogP contribution in [0.3, 0.4) is 0 Å². The van der Waals surface area contributed by atoms with Crippen LogP contribution in [0.5, 0.6) is 5.75 Å². The molecule has 276 valence electrons. The Balaban J connectivity index is 1.33. The number of rotatable bonds is 10. The molecule has 1 aliphatic carbocycles. The Hall–Kier alpha value is -7.51. The summed E-state index contributed by atoms with van der Waals surface area (Å²) in [4.78, 5) is 58.4. The van der Waals surface area contributed by atoms with Gasteiger partial charge >= 0.3 is 17.9 Å². The summed E-state index contributed by atoms with van der Waals surface area (Å²) in [7, 11) is 0. The van der Waals surface area contributed by atoms with Crippen LogP contribution < -0.4 is 16.1 Å². The van der Waals surface area contributed by atoms with E-state index in [-0.39, 0.29) is 63.3 Å². The molecule has 6 aromatic rings. The van der Waals surface area contributed by atoms with Gasteiger partial charge in [0.05, 0.1) is 44.1 Å². The molecule has 4 aromatic carbocycles. The minimum absolute atomic E-state index is 0.0387. The van der Waals surface area contributed by atoms with Crippen molar-refractivity contribution < 1.29 is 39.2 Å². The van der Waals surface area contributed by atoms with Crippen LogP contribution in [0.4, 0.5) is 11.4 Å². The molecular formula is C42H27ClN4O9. The number of aromatic hydroxyl groups is 1. The van der Waals surface area contributed by atoms with Gasteiger partial charge in [0.25, 0.3) is 0 Å². The standard InChI is InChI=1S/C42H27ClN4O9/c43-28-17-25-34(22-7-1-2-8-23(22)40(50)51)24-13-16-33(48)26(18-44-29-9-3-5-20-11-14-31(41(52)53)46-35(20)29)38(24)56-39(25)27(37(28)49)19-45-30-10-4-6-21-12-15-32(42(54)55)47-36(21)30/h1-17,44-45,49H,18-19H2,(H,50,51)(H,52,53)(H,54,55). The third-order valence-electron chi connectivity index (χ3n) is 9.48. The Morgan fingerprint density at radius 3 is 1.84 bits per heavy atom. The number of phenolic OH excluding ortho intramolecular Hbond substituents is 1. The van der Waals surface area contributed by atoms with Crippen molar-refractivity contribution in [3.05, 3.63) is 146 Å². The van der Waals surface area contributed by atoms with E-state index in [4.69, 9.17) is 16.0 Å². The number of nitrogens with one attached hydrogen (secondary N) is 2. The quantitative estimate of drug-likeness (QED) is 0.0724. The van der Waals surface area contributed by atoms with E-state index in [2.05, 4.69) is 20.6 Å². The van der Waals surface area contributed by atoms with Crippen LogP contribution in [-0.2, 0) is 13.1 Å². The van der Waals surface area contributed by atoms with E-state index in [9.17, 15) is 39.6 Å². The van der Waals surface area contributed by atoms with Gasteiger partial charge in [0.2, 0.25) is 0 Å². The zero-order chi connectivity index (χ0) is 39.2. The van der Waals surface area contributed by atoms with Gasteiger partial charge in [0.15, 0.2) is 5.43 Å². The largest absolute Gasteiger partial charge is 0.506 e. The van der Waals surface area contributed by atoms with Crippen molar-refractivity contribution in [1.82, 2.24) is 9.97 Å². The fourth-order valence-corrected chi connectivity index (χ4v) is 7.06. The van der Waals surface area contributed by atoms with Gasteiger partial charge in [-0.05, 0) is 54.1 Å². The average molecular weight is 767 g/mol. The number of para-hydroxylation sites is 2. The predicted octanol–water partition coefficient (Wildman–Crippen LogP) is 8.34. The molecule has 0 unspecified atom stereocenters. The van der Waals surface area contributed by atoms with Crippen molar-refractivity contribution >= 4 is 73.7 Å². The topological polar surface area (TPSA) is 212 Å². The summed E-state index contributed by atoms with van der Waals surface area (Å²) >= 11 is 6.67. The molecule has 2 aromatic heterocycles. The smallest absolute Gasteiger partial charge is 0.354 e.